The molecule has 17 heavy (non-hydrogen) atoms. The van der Waals surface area contributed by atoms with Gasteiger partial charge in [-0.1, -0.05) is 0 Å². The predicted octanol–water partition coefficient (Wildman–Crippen LogP) is 7.01. The van der Waals surface area contributed by atoms with Gasteiger partial charge in [-0.3, -0.25) is 0 Å². The van der Waals surface area contributed by atoms with Crippen molar-refractivity contribution in [3.05, 3.63) is 0 Å². The Hall–Kier alpha value is 0.714. The third-order valence-corrected chi connectivity index (χ3v) is 18.6. The molecule has 0 saturated carbocycles. The van der Waals surface area contributed by atoms with Gasteiger partial charge < -0.3 is 0 Å². The summed E-state index contributed by atoms with van der Waals surface area (Å²) in [5.41, 5.74) is 0. The van der Waals surface area contributed by atoms with Crippen LogP contribution in [0.1, 0.15) is 83.1 Å². The first-order chi connectivity index (χ1) is 7.00. The summed E-state index contributed by atoms with van der Waals surface area (Å²) >= 11 is -2.25. The van der Waals surface area contributed by atoms with Gasteiger partial charge in [0.2, 0.25) is 0 Å². The maximum absolute atomic E-state index is 2.49. The fraction of sp³-hybridized carbons (Fsp3) is 1.00. The summed E-state index contributed by atoms with van der Waals surface area (Å²) in [6.07, 6.45) is 0. The average molecular weight is 276 g/mol. The molecule has 0 aromatic heterocycles. The molecule has 0 radical (unpaired) electrons. The topological polar surface area (TPSA) is 0 Å². The monoisotopic (exact) mass is 276 g/mol. The molecule has 0 aromatic carbocycles. The fourth-order valence-corrected chi connectivity index (χ4v) is 27.8. The Morgan fingerprint density at radius 2 is 0.471 bits per heavy atom. The van der Waals surface area contributed by atoms with E-state index in [0.29, 0.717) is 14.9 Å². The van der Waals surface area contributed by atoms with Crippen molar-refractivity contribution in [1.29, 1.82) is 0 Å². The van der Waals surface area contributed by atoms with Crippen LogP contribution in [0.25, 0.3) is 0 Å². The second-order valence-electron chi connectivity index (χ2n) is 9.75. The zero-order chi connectivity index (χ0) is 14.5. The van der Waals surface area contributed by atoms with E-state index in [2.05, 4.69) is 83.1 Å². The van der Waals surface area contributed by atoms with Crippen LogP contribution >= 0.6 is 0 Å². The molecular weight excluding hydrogens is 240 g/mol. The van der Waals surface area contributed by atoms with Gasteiger partial charge in [0.05, 0.1) is 0 Å². The molecule has 0 unspecified atom stereocenters. The van der Waals surface area contributed by atoms with Gasteiger partial charge in [0.1, 0.15) is 0 Å². The first kappa shape index (κ1) is 17.7. The number of hydrogen-bond acceptors (Lipinski definition) is 0. The molecule has 0 atom stereocenters. The maximum atomic E-state index is 2.49. The molecular formula is C16H36Ti. The first-order valence-electron chi connectivity index (χ1n) is 7.00. The quantitative estimate of drug-likeness (QED) is 0.417. The van der Waals surface area contributed by atoms with E-state index in [0.717, 1.165) is 0 Å². The van der Waals surface area contributed by atoms with Gasteiger partial charge >= 0.3 is 115 Å². The van der Waals surface area contributed by atoms with Crippen LogP contribution in [0.15, 0.2) is 0 Å². The van der Waals surface area contributed by atoms with Gasteiger partial charge in [0.25, 0.3) is 0 Å². The molecule has 0 aromatic rings. The molecule has 0 aliphatic heterocycles. The summed E-state index contributed by atoms with van der Waals surface area (Å²) in [7, 11) is 0. The average Bonchev–Trinajstić information content (AvgIpc) is 1.67. The van der Waals surface area contributed by atoms with Crippen LogP contribution in [0.4, 0.5) is 0 Å². The van der Waals surface area contributed by atoms with Crippen LogP contribution in [0.5, 0.6) is 0 Å². The summed E-state index contributed by atoms with van der Waals surface area (Å²) < 4.78 is 1.81. The van der Waals surface area contributed by atoms with E-state index < -0.39 is 16.6 Å². The van der Waals surface area contributed by atoms with Gasteiger partial charge in [0.15, 0.2) is 0 Å². The normalized spacial score (nSPS) is 16.2. The summed E-state index contributed by atoms with van der Waals surface area (Å²) in [5, 5.41) is 0. The summed E-state index contributed by atoms with van der Waals surface area (Å²) in [6.45, 7) is 29.9. The number of hydrogen-bond donors (Lipinski definition) is 0. The molecule has 0 nitrogen and oxygen atoms in total. The predicted molar refractivity (Wildman–Crippen MR) is 78.9 cm³/mol. The third kappa shape index (κ3) is 2.68. The standard InChI is InChI=1S/4C4H9.Ti/c4*1-4(2)3;/h4*1-3H3;. The molecule has 0 rings (SSSR count). The third-order valence-electron chi connectivity index (χ3n) is 4.50. The van der Waals surface area contributed by atoms with Gasteiger partial charge in [-0.05, 0) is 0 Å². The molecule has 0 aliphatic rings. The Kier molecular flexibility index (Phi) is 4.56. The van der Waals surface area contributed by atoms with Crippen molar-refractivity contribution in [2.24, 2.45) is 0 Å². The second-order valence-corrected chi connectivity index (χ2v) is 21.5. The van der Waals surface area contributed by atoms with E-state index in [1.807, 2.05) is 0 Å². The second kappa shape index (κ2) is 4.38. The van der Waals surface area contributed by atoms with E-state index >= 15 is 0 Å². The Bertz CT molecular complexity index is 198. The van der Waals surface area contributed by atoms with E-state index in [1.165, 1.54) is 0 Å². The van der Waals surface area contributed by atoms with E-state index in [4.69, 9.17) is 0 Å². The molecule has 0 spiro atoms. The molecule has 0 heterocycles. The van der Waals surface area contributed by atoms with Crippen LogP contribution in [0.3, 0.4) is 0 Å². The van der Waals surface area contributed by atoms with Crippen LogP contribution in [-0.2, 0) is 16.6 Å². The molecule has 0 fully saturated rings. The molecule has 0 N–H and O–H groups in total. The van der Waals surface area contributed by atoms with Crippen molar-refractivity contribution in [3.8, 4) is 0 Å². The zero-order valence-electron chi connectivity index (χ0n) is 14.5. The molecule has 104 valence electrons. The van der Waals surface area contributed by atoms with Crippen molar-refractivity contribution in [1.82, 2.24) is 0 Å². The van der Waals surface area contributed by atoms with Crippen LogP contribution in [-0.4, -0.2) is 0 Å². The molecule has 0 amide bonds. The van der Waals surface area contributed by atoms with Crippen LogP contribution in [0, 0.1) is 0 Å². The Morgan fingerprint density at radius 1 is 0.353 bits per heavy atom. The van der Waals surface area contributed by atoms with Gasteiger partial charge in [-0.25, -0.2) is 0 Å². The molecule has 1 heteroatoms. The van der Waals surface area contributed by atoms with Gasteiger partial charge in [-0.2, -0.15) is 0 Å². The molecule has 0 saturated heterocycles. The van der Waals surface area contributed by atoms with Crippen molar-refractivity contribution >= 4 is 0 Å². The SMILES string of the molecule is C[C](C)(C)[Ti]([C](C)(C)C)([C](C)(C)C)[C](C)(C)C. The number of rotatable bonds is 0. The van der Waals surface area contributed by atoms with Crippen molar-refractivity contribution in [2.45, 2.75) is 98.0 Å². The van der Waals surface area contributed by atoms with E-state index in [-0.39, 0.29) is 0 Å². The van der Waals surface area contributed by atoms with E-state index in [1.54, 1.807) is 0 Å². The Labute approximate surface area is 114 Å². The zero-order valence-corrected chi connectivity index (χ0v) is 16.1. The van der Waals surface area contributed by atoms with Crippen LogP contribution in [0.2, 0.25) is 14.9 Å². The minimum atomic E-state index is -2.25. The summed E-state index contributed by atoms with van der Waals surface area (Å²) in [4.78, 5) is 0. The van der Waals surface area contributed by atoms with E-state index in [9.17, 15) is 0 Å². The Morgan fingerprint density at radius 3 is 0.471 bits per heavy atom. The van der Waals surface area contributed by atoms with Crippen molar-refractivity contribution in [2.75, 3.05) is 0 Å². The molecule has 0 bridgehead atoms. The van der Waals surface area contributed by atoms with Gasteiger partial charge in [0, 0.05) is 0 Å². The fourth-order valence-electron chi connectivity index (χ4n) is 6.75. The summed E-state index contributed by atoms with van der Waals surface area (Å²) in [5.74, 6) is 0. The van der Waals surface area contributed by atoms with Crippen LogP contribution < -0.4 is 0 Å². The van der Waals surface area contributed by atoms with Crippen molar-refractivity contribution < 1.29 is 16.6 Å². The summed E-state index contributed by atoms with van der Waals surface area (Å²) in [6, 6.07) is 0. The van der Waals surface area contributed by atoms with Gasteiger partial charge in [-0.15, -0.1) is 0 Å². The Balaban J connectivity index is 6.37. The first-order valence-corrected chi connectivity index (χ1v) is 10.1. The van der Waals surface area contributed by atoms with Crippen molar-refractivity contribution in [3.63, 3.8) is 0 Å². The molecule has 0 aliphatic carbocycles. The minimum absolute atomic E-state index is 0.453.